The second-order valence-corrected chi connectivity index (χ2v) is 17.2. The van der Waals surface area contributed by atoms with Crippen molar-refractivity contribution in [1.29, 1.82) is 0 Å². The van der Waals surface area contributed by atoms with Gasteiger partial charge in [-0.2, -0.15) is 0 Å². The standard InChI is InChI=1S/C49H99N3O3/c1-5-9-13-17-21-25-29-35-41-51(42-36-30-26-22-18-14-10-6-2)48(54)46-50(40-34-33-39-45-53)47-49(55)52(43-37-31-27-23-19-15-11-7-3)44-38-32-28-24-20-16-12-8-4/h53H,5-47H2,1-4H3. The molecule has 0 aliphatic heterocycles. The fourth-order valence-electron chi connectivity index (χ4n) is 7.89. The normalized spacial score (nSPS) is 11.5. The summed E-state index contributed by atoms with van der Waals surface area (Å²) in [5, 5.41) is 9.43. The Kier molecular flexibility index (Phi) is 43.1. The summed E-state index contributed by atoms with van der Waals surface area (Å²) < 4.78 is 0. The van der Waals surface area contributed by atoms with Gasteiger partial charge >= 0.3 is 0 Å². The summed E-state index contributed by atoms with van der Waals surface area (Å²) in [4.78, 5) is 34.6. The van der Waals surface area contributed by atoms with Gasteiger partial charge in [0.25, 0.3) is 0 Å². The molecule has 0 unspecified atom stereocenters. The molecule has 0 bridgehead atoms. The van der Waals surface area contributed by atoms with Crippen LogP contribution in [-0.4, -0.2) is 84.0 Å². The highest BCUT2D eigenvalue weighted by molar-refractivity contribution is 5.81. The fraction of sp³-hybridized carbons (Fsp3) is 0.959. The van der Waals surface area contributed by atoms with Crippen LogP contribution in [0.25, 0.3) is 0 Å². The molecule has 0 saturated carbocycles. The van der Waals surface area contributed by atoms with E-state index in [4.69, 9.17) is 0 Å². The van der Waals surface area contributed by atoms with Gasteiger partial charge in [0.2, 0.25) is 11.8 Å². The molecule has 2 amide bonds. The van der Waals surface area contributed by atoms with E-state index in [9.17, 15) is 14.7 Å². The second kappa shape index (κ2) is 44.0. The first-order chi connectivity index (χ1) is 27.0. The smallest absolute Gasteiger partial charge is 0.236 e. The largest absolute Gasteiger partial charge is 0.396 e. The Morgan fingerprint density at radius 3 is 0.782 bits per heavy atom. The minimum absolute atomic E-state index is 0.202. The zero-order chi connectivity index (χ0) is 40.3. The maximum absolute atomic E-state index is 14.1. The Labute approximate surface area is 345 Å². The lowest BCUT2D eigenvalue weighted by Crippen LogP contribution is -2.46. The number of hydrogen-bond acceptors (Lipinski definition) is 4. The summed E-state index contributed by atoms with van der Waals surface area (Å²) in [6.45, 7) is 14.1. The van der Waals surface area contributed by atoms with Crippen molar-refractivity contribution in [2.24, 2.45) is 0 Å². The van der Waals surface area contributed by atoms with Gasteiger partial charge in [0.15, 0.2) is 0 Å². The molecule has 328 valence electrons. The first-order valence-electron chi connectivity index (χ1n) is 24.9. The average Bonchev–Trinajstić information content (AvgIpc) is 3.18. The molecule has 0 rings (SSSR count). The van der Waals surface area contributed by atoms with Crippen LogP contribution in [0, 0.1) is 0 Å². The van der Waals surface area contributed by atoms with Crippen LogP contribution in [-0.2, 0) is 9.59 Å². The first-order valence-corrected chi connectivity index (χ1v) is 24.9. The van der Waals surface area contributed by atoms with Crippen LogP contribution in [0.1, 0.15) is 252 Å². The minimum atomic E-state index is 0.202. The van der Waals surface area contributed by atoms with Gasteiger partial charge < -0.3 is 14.9 Å². The number of hydrogen-bond donors (Lipinski definition) is 1. The molecule has 0 aromatic heterocycles. The van der Waals surface area contributed by atoms with E-state index in [1.165, 1.54) is 180 Å². The van der Waals surface area contributed by atoms with Crippen LogP contribution < -0.4 is 0 Å². The number of amides is 2. The van der Waals surface area contributed by atoms with Crippen LogP contribution in [0.15, 0.2) is 0 Å². The lowest BCUT2D eigenvalue weighted by atomic mass is 10.1. The van der Waals surface area contributed by atoms with E-state index in [1.807, 2.05) is 0 Å². The second-order valence-electron chi connectivity index (χ2n) is 17.2. The van der Waals surface area contributed by atoms with E-state index < -0.39 is 0 Å². The topological polar surface area (TPSA) is 64.1 Å². The molecule has 0 aromatic rings. The molecular weight excluding hydrogens is 679 g/mol. The van der Waals surface area contributed by atoms with E-state index in [0.29, 0.717) is 13.1 Å². The average molecular weight is 778 g/mol. The zero-order valence-corrected chi connectivity index (χ0v) is 38.0. The van der Waals surface area contributed by atoms with Crippen LogP contribution >= 0.6 is 0 Å². The van der Waals surface area contributed by atoms with Crippen molar-refractivity contribution >= 4 is 11.8 Å². The molecule has 0 aliphatic rings. The van der Waals surface area contributed by atoms with Crippen molar-refractivity contribution in [3.8, 4) is 0 Å². The number of rotatable bonds is 45. The maximum atomic E-state index is 14.1. The lowest BCUT2D eigenvalue weighted by molar-refractivity contribution is -0.136. The molecule has 0 aliphatic carbocycles. The predicted molar refractivity (Wildman–Crippen MR) is 241 cm³/mol. The van der Waals surface area contributed by atoms with E-state index in [0.717, 1.165) is 77.7 Å². The molecule has 0 spiro atoms. The molecule has 0 fully saturated rings. The molecule has 6 nitrogen and oxygen atoms in total. The molecular formula is C49H99N3O3. The van der Waals surface area contributed by atoms with Crippen LogP contribution in [0.5, 0.6) is 0 Å². The van der Waals surface area contributed by atoms with Gasteiger partial charge in [-0.15, -0.1) is 0 Å². The van der Waals surface area contributed by atoms with Crippen molar-refractivity contribution in [1.82, 2.24) is 14.7 Å². The Balaban J connectivity index is 5.44. The maximum Gasteiger partial charge on any atom is 0.236 e. The van der Waals surface area contributed by atoms with Gasteiger partial charge in [0.1, 0.15) is 0 Å². The summed E-state index contributed by atoms with van der Waals surface area (Å²) in [7, 11) is 0. The number of nitrogens with zero attached hydrogens (tertiary/aromatic N) is 3. The van der Waals surface area contributed by atoms with Crippen molar-refractivity contribution in [2.45, 2.75) is 252 Å². The van der Waals surface area contributed by atoms with Gasteiger partial charge in [-0.25, -0.2) is 0 Å². The summed E-state index contributed by atoms with van der Waals surface area (Å²) in [5.41, 5.74) is 0. The van der Waals surface area contributed by atoms with Gasteiger partial charge in [-0.05, 0) is 51.5 Å². The Bertz CT molecular complexity index is 695. The summed E-state index contributed by atoms with van der Waals surface area (Å²) in [6, 6.07) is 0. The van der Waals surface area contributed by atoms with Crippen molar-refractivity contribution in [3.05, 3.63) is 0 Å². The van der Waals surface area contributed by atoms with Gasteiger partial charge in [-0.3, -0.25) is 14.5 Å². The van der Waals surface area contributed by atoms with Crippen molar-refractivity contribution < 1.29 is 14.7 Å². The highest BCUT2D eigenvalue weighted by Crippen LogP contribution is 2.15. The van der Waals surface area contributed by atoms with Gasteiger partial charge in [-0.1, -0.05) is 207 Å². The minimum Gasteiger partial charge on any atom is -0.396 e. The van der Waals surface area contributed by atoms with Gasteiger partial charge in [0, 0.05) is 32.8 Å². The number of carbonyl (C=O) groups excluding carboxylic acids is 2. The van der Waals surface area contributed by atoms with E-state index in [-0.39, 0.29) is 18.4 Å². The monoisotopic (exact) mass is 778 g/mol. The van der Waals surface area contributed by atoms with E-state index in [2.05, 4.69) is 42.4 Å². The summed E-state index contributed by atoms with van der Waals surface area (Å²) >= 11 is 0. The quantitative estimate of drug-likeness (QED) is 0.0626. The lowest BCUT2D eigenvalue weighted by Gasteiger charge is -2.30. The molecule has 0 heterocycles. The molecule has 0 radical (unpaired) electrons. The van der Waals surface area contributed by atoms with Crippen LogP contribution in [0.2, 0.25) is 0 Å². The summed E-state index contributed by atoms with van der Waals surface area (Å²) in [6.07, 6.45) is 43.3. The van der Waals surface area contributed by atoms with E-state index in [1.54, 1.807) is 0 Å². The predicted octanol–water partition coefficient (Wildman–Crippen LogP) is 13.7. The molecule has 1 N–H and O–H groups in total. The summed E-state index contributed by atoms with van der Waals surface area (Å²) in [5.74, 6) is 0.414. The van der Waals surface area contributed by atoms with Crippen LogP contribution in [0.3, 0.4) is 0 Å². The number of aliphatic hydroxyl groups excluding tert-OH is 1. The number of unbranched alkanes of at least 4 members (excludes halogenated alkanes) is 30. The fourth-order valence-corrected chi connectivity index (χ4v) is 7.89. The third-order valence-electron chi connectivity index (χ3n) is 11.7. The zero-order valence-electron chi connectivity index (χ0n) is 38.0. The van der Waals surface area contributed by atoms with Crippen molar-refractivity contribution in [3.63, 3.8) is 0 Å². The SMILES string of the molecule is CCCCCCCCCCN(CCCCCCCCCC)C(=O)CN(CCCCCO)CC(=O)N(CCCCCCCCCC)CCCCCCCCCC. The van der Waals surface area contributed by atoms with E-state index >= 15 is 0 Å². The number of aliphatic hydroxyl groups is 1. The Morgan fingerprint density at radius 1 is 0.309 bits per heavy atom. The van der Waals surface area contributed by atoms with Gasteiger partial charge in [0.05, 0.1) is 13.1 Å². The molecule has 0 aromatic carbocycles. The number of carbonyl (C=O) groups is 2. The molecule has 0 atom stereocenters. The van der Waals surface area contributed by atoms with Crippen molar-refractivity contribution in [2.75, 3.05) is 52.4 Å². The Morgan fingerprint density at radius 2 is 0.527 bits per heavy atom. The Hall–Kier alpha value is -1.14. The highest BCUT2D eigenvalue weighted by atomic mass is 16.3. The molecule has 6 heteroatoms. The molecule has 0 saturated heterocycles. The third-order valence-corrected chi connectivity index (χ3v) is 11.7. The highest BCUT2D eigenvalue weighted by Gasteiger charge is 2.22. The molecule has 55 heavy (non-hydrogen) atoms. The van der Waals surface area contributed by atoms with Crippen LogP contribution in [0.4, 0.5) is 0 Å². The third kappa shape index (κ3) is 36.9. The first kappa shape index (κ1) is 53.9.